The van der Waals surface area contributed by atoms with Crippen molar-refractivity contribution >= 4 is 23.1 Å². The van der Waals surface area contributed by atoms with Gasteiger partial charge in [0.05, 0.1) is 5.69 Å². The number of rotatable bonds is 4. The van der Waals surface area contributed by atoms with Gasteiger partial charge in [0, 0.05) is 26.2 Å². The van der Waals surface area contributed by atoms with E-state index in [0.717, 1.165) is 40.5 Å². The van der Waals surface area contributed by atoms with Gasteiger partial charge in [0.2, 0.25) is 5.91 Å². The summed E-state index contributed by atoms with van der Waals surface area (Å²) in [6.45, 7) is 0.638. The van der Waals surface area contributed by atoms with Gasteiger partial charge < -0.3 is 16.0 Å². The highest BCUT2D eigenvalue weighted by molar-refractivity contribution is 5.90. The molecule has 0 radical (unpaired) electrons. The van der Waals surface area contributed by atoms with Gasteiger partial charge in [-0.3, -0.25) is 14.2 Å². The number of nitrogens with one attached hydrogen (secondary N) is 1. The van der Waals surface area contributed by atoms with Crippen molar-refractivity contribution in [2.24, 2.45) is 7.05 Å². The lowest BCUT2D eigenvalue weighted by Crippen LogP contribution is -2.46. The van der Waals surface area contributed by atoms with Gasteiger partial charge in [-0.1, -0.05) is 0 Å². The zero-order valence-corrected chi connectivity index (χ0v) is 15.4. The molecule has 28 heavy (non-hydrogen) atoms. The van der Waals surface area contributed by atoms with E-state index in [-0.39, 0.29) is 17.2 Å². The lowest BCUT2D eigenvalue weighted by Gasteiger charge is -2.29. The molecule has 3 N–H and O–H groups in total. The van der Waals surface area contributed by atoms with Crippen LogP contribution in [0.5, 0.6) is 0 Å². The fraction of sp³-hybridized carbons (Fsp3) is 0.389. The van der Waals surface area contributed by atoms with E-state index >= 15 is 0 Å². The second-order valence-corrected chi connectivity index (χ2v) is 6.69. The van der Waals surface area contributed by atoms with Gasteiger partial charge >= 0.3 is 5.69 Å². The van der Waals surface area contributed by atoms with Gasteiger partial charge in [-0.25, -0.2) is 18.1 Å². The molecule has 1 amide bonds. The van der Waals surface area contributed by atoms with Crippen LogP contribution < -0.4 is 27.2 Å². The fourth-order valence-corrected chi connectivity index (χ4v) is 3.25. The van der Waals surface area contributed by atoms with E-state index < -0.39 is 35.3 Å². The quantitative estimate of drug-likeness (QED) is 0.808. The number of benzene rings is 1. The molecular weight excluding hydrogens is 372 g/mol. The smallest absolute Gasteiger partial charge is 0.332 e. The highest BCUT2D eigenvalue weighted by atomic mass is 19.1. The van der Waals surface area contributed by atoms with E-state index in [4.69, 9.17) is 5.73 Å². The van der Waals surface area contributed by atoms with E-state index in [1.54, 1.807) is 0 Å². The maximum atomic E-state index is 13.7. The molecule has 1 aromatic carbocycles. The van der Waals surface area contributed by atoms with Crippen molar-refractivity contribution in [1.29, 1.82) is 0 Å². The summed E-state index contributed by atoms with van der Waals surface area (Å²) in [5.41, 5.74) is 4.51. The Labute approximate surface area is 159 Å². The van der Waals surface area contributed by atoms with Crippen molar-refractivity contribution in [3.8, 4) is 0 Å². The fourth-order valence-electron chi connectivity index (χ4n) is 3.25. The Hall–Kier alpha value is -3.17. The first-order valence-corrected chi connectivity index (χ1v) is 8.88. The van der Waals surface area contributed by atoms with Crippen LogP contribution in [0.1, 0.15) is 19.3 Å². The zero-order chi connectivity index (χ0) is 20.4. The number of amides is 1. The number of nitrogens with zero attached hydrogens (tertiary/aromatic N) is 3. The third-order valence-corrected chi connectivity index (χ3v) is 4.75. The molecule has 1 saturated heterocycles. The Kier molecular flexibility index (Phi) is 5.48. The molecule has 8 nitrogen and oxygen atoms in total. The third-order valence-electron chi connectivity index (χ3n) is 4.75. The number of nitrogens with two attached hydrogens (primary N) is 1. The summed E-state index contributed by atoms with van der Waals surface area (Å²) in [6.07, 6.45) is 2.83. The van der Waals surface area contributed by atoms with Gasteiger partial charge in [0.25, 0.3) is 5.56 Å². The van der Waals surface area contributed by atoms with E-state index in [1.165, 1.54) is 7.05 Å². The number of carbonyl (C=O) groups excluding carboxylic acids is 1. The predicted molar refractivity (Wildman–Crippen MR) is 101 cm³/mol. The molecule has 1 aromatic heterocycles. The number of carbonyl (C=O) groups is 1. The molecule has 2 heterocycles. The Bertz CT molecular complexity index is 1030. The molecule has 0 aliphatic carbocycles. The maximum Gasteiger partial charge on any atom is 0.332 e. The minimum absolute atomic E-state index is 0.0399. The number of aromatic nitrogens is 2. The summed E-state index contributed by atoms with van der Waals surface area (Å²) in [5.74, 6) is -2.50. The SMILES string of the molecule is Cn1c(N)c(N2CCCCC2)c(=O)n(CC(=O)Nc2ccc(F)cc2F)c1=O. The lowest BCUT2D eigenvalue weighted by atomic mass is 10.1. The molecule has 1 aliphatic rings. The maximum absolute atomic E-state index is 13.7. The Morgan fingerprint density at radius 2 is 1.86 bits per heavy atom. The minimum atomic E-state index is -0.958. The van der Waals surface area contributed by atoms with Crippen LogP contribution >= 0.6 is 0 Å². The summed E-state index contributed by atoms with van der Waals surface area (Å²) >= 11 is 0. The first kappa shape index (κ1) is 19.6. The van der Waals surface area contributed by atoms with Crippen LogP contribution in [-0.2, 0) is 18.4 Å². The molecule has 1 fully saturated rings. The van der Waals surface area contributed by atoms with Crippen LogP contribution in [0.25, 0.3) is 0 Å². The summed E-state index contributed by atoms with van der Waals surface area (Å²) < 4.78 is 28.6. The first-order valence-electron chi connectivity index (χ1n) is 8.88. The van der Waals surface area contributed by atoms with E-state index in [9.17, 15) is 23.2 Å². The molecular formula is C18H21F2N5O3. The highest BCUT2D eigenvalue weighted by Crippen LogP contribution is 2.21. The number of nitrogen functional groups attached to an aromatic ring is 1. The molecule has 0 spiro atoms. The summed E-state index contributed by atoms with van der Waals surface area (Å²) in [6, 6.07) is 2.67. The third kappa shape index (κ3) is 3.75. The van der Waals surface area contributed by atoms with E-state index in [1.807, 2.05) is 4.90 Å². The van der Waals surface area contributed by atoms with Crippen molar-refractivity contribution in [2.45, 2.75) is 25.8 Å². The Balaban J connectivity index is 1.93. The largest absolute Gasteiger partial charge is 0.383 e. The zero-order valence-electron chi connectivity index (χ0n) is 15.4. The van der Waals surface area contributed by atoms with Gasteiger partial charge in [-0.15, -0.1) is 0 Å². The number of hydrogen-bond donors (Lipinski definition) is 2. The normalized spacial score (nSPS) is 14.2. The first-order chi connectivity index (χ1) is 13.3. The molecule has 150 valence electrons. The molecule has 0 atom stereocenters. The topological polar surface area (TPSA) is 102 Å². The van der Waals surface area contributed by atoms with Crippen molar-refractivity contribution in [3.63, 3.8) is 0 Å². The number of hydrogen-bond acceptors (Lipinski definition) is 5. The molecule has 1 aliphatic heterocycles. The minimum Gasteiger partial charge on any atom is -0.383 e. The van der Waals surface area contributed by atoms with Crippen LogP contribution in [0.2, 0.25) is 0 Å². The summed E-state index contributed by atoms with van der Waals surface area (Å²) in [4.78, 5) is 39.5. The number of anilines is 3. The van der Waals surface area contributed by atoms with Crippen LogP contribution in [0.3, 0.4) is 0 Å². The van der Waals surface area contributed by atoms with E-state index in [0.29, 0.717) is 19.2 Å². The molecule has 0 bridgehead atoms. The van der Waals surface area contributed by atoms with Crippen molar-refractivity contribution < 1.29 is 13.6 Å². The Morgan fingerprint density at radius 1 is 1.18 bits per heavy atom. The standard InChI is InChI=1S/C18H21F2N5O3/c1-23-16(21)15(24-7-3-2-4-8-24)17(27)25(18(23)28)10-14(26)22-13-6-5-11(19)9-12(13)20/h5-6,9H,2-4,7-8,10,21H2,1H3,(H,22,26). The molecule has 3 rings (SSSR count). The lowest BCUT2D eigenvalue weighted by molar-refractivity contribution is -0.116. The van der Waals surface area contributed by atoms with Crippen LogP contribution in [0.4, 0.5) is 26.0 Å². The molecule has 0 saturated carbocycles. The number of halogens is 2. The molecule has 0 unspecified atom stereocenters. The summed E-state index contributed by atoms with van der Waals surface area (Å²) in [5, 5.41) is 2.24. The van der Waals surface area contributed by atoms with Crippen molar-refractivity contribution in [2.75, 3.05) is 29.0 Å². The predicted octanol–water partition coefficient (Wildman–Crippen LogP) is 1.04. The molecule has 10 heteroatoms. The van der Waals surface area contributed by atoms with Gasteiger partial charge in [-0.2, -0.15) is 0 Å². The summed E-state index contributed by atoms with van der Waals surface area (Å²) in [7, 11) is 1.42. The van der Waals surface area contributed by atoms with Crippen molar-refractivity contribution in [1.82, 2.24) is 9.13 Å². The van der Waals surface area contributed by atoms with Gasteiger partial charge in [0.1, 0.15) is 29.7 Å². The van der Waals surface area contributed by atoms with Crippen LogP contribution in [0, 0.1) is 11.6 Å². The van der Waals surface area contributed by atoms with Crippen LogP contribution in [-0.4, -0.2) is 28.1 Å². The van der Waals surface area contributed by atoms with Crippen molar-refractivity contribution in [3.05, 3.63) is 50.7 Å². The Morgan fingerprint density at radius 3 is 2.50 bits per heavy atom. The van der Waals surface area contributed by atoms with Crippen LogP contribution in [0.15, 0.2) is 27.8 Å². The average molecular weight is 393 g/mol. The van der Waals surface area contributed by atoms with Gasteiger partial charge in [0.15, 0.2) is 0 Å². The average Bonchev–Trinajstić information content (AvgIpc) is 2.67. The monoisotopic (exact) mass is 393 g/mol. The molecule has 2 aromatic rings. The number of piperidine rings is 1. The second-order valence-electron chi connectivity index (χ2n) is 6.69. The van der Waals surface area contributed by atoms with Gasteiger partial charge in [-0.05, 0) is 31.4 Å². The highest BCUT2D eigenvalue weighted by Gasteiger charge is 2.23. The second kappa shape index (κ2) is 7.83. The van der Waals surface area contributed by atoms with E-state index in [2.05, 4.69) is 5.32 Å².